The average molecular weight is 359 g/mol. The second kappa shape index (κ2) is 7.94. The van der Waals surface area contributed by atoms with Gasteiger partial charge in [0.2, 0.25) is 6.79 Å². The summed E-state index contributed by atoms with van der Waals surface area (Å²) in [7, 11) is 0. The van der Waals surface area contributed by atoms with Crippen molar-refractivity contribution in [3.8, 4) is 11.5 Å². The van der Waals surface area contributed by atoms with E-state index in [-0.39, 0.29) is 12.6 Å². The molecule has 0 aliphatic carbocycles. The Labute approximate surface area is 150 Å². The van der Waals surface area contributed by atoms with Crippen molar-refractivity contribution < 1.29 is 13.9 Å². The van der Waals surface area contributed by atoms with Gasteiger partial charge in [0.1, 0.15) is 5.82 Å². The maximum atomic E-state index is 13.0. The van der Waals surface area contributed by atoms with Crippen molar-refractivity contribution >= 4 is 23.0 Å². The summed E-state index contributed by atoms with van der Waals surface area (Å²) in [6, 6.07) is 12.0. The SMILES string of the molecule is CC/C(=N/NC(=S)NCc1ccc2c(c1)OCO2)c1ccc(F)cc1. The quantitative estimate of drug-likeness (QED) is 0.487. The van der Waals surface area contributed by atoms with Crippen LogP contribution in [0.2, 0.25) is 0 Å². The number of nitrogens with one attached hydrogen (secondary N) is 2. The third-order valence-corrected chi connectivity index (χ3v) is 3.93. The van der Waals surface area contributed by atoms with Crippen LogP contribution < -0.4 is 20.2 Å². The summed E-state index contributed by atoms with van der Waals surface area (Å²) in [6.07, 6.45) is 0.698. The Bertz CT molecular complexity index is 793. The van der Waals surface area contributed by atoms with E-state index in [0.29, 0.717) is 18.1 Å². The molecule has 1 aliphatic rings. The molecule has 0 saturated heterocycles. The first-order chi connectivity index (χ1) is 12.2. The van der Waals surface area contributed by atoms with Gasteiger partial charge in [0.25, 0.3) is 0 Å². The maximum Gasteiger partial charge on any atom is 0.231 e. The summed E-state index contributed by atoms with van der Waals surface area (Å²) in [6.45, 7) is 2.77. The summed E-state index contributed by atoms with van der Waals surface area (Å²) in [5.74, 6) is 1.22. The van der Waals surface area contributed by atoms with Crippen LogP contribution in [0.5, 0.6) is 11.5 Å². The minimum atomic E-state index is -0.270. The van der Waals surface area contributed by atoms with E-state index in [4.69, 9.17) is 21.7 Å². The number of hydrazone groups is 1. The number of hydrogen-bond acceptors (Lipinski definition) is 4. The second-order valence-corrected chi connectivity index (χ2v) is 5.81. The number of hydrogen-bond donors (Lipinski definition) is 2. The molecular weight excluding hydrogens is 341 g/mol. The maximum absolute atomic E-state index is 13.0. The Morgan fingerprint density at radius 1 is 1.16 bits per heavy atom. The van der Waals surface area contributed by atoms with Gasteiger partial charge in [-0.3, -0.25) is 5.43 Å². The van der Waals surface area contributed by atoms with E-state index < -0.39 is 0 Å². The Hall–Kier alpha value is -2.67. The summed E-state index contributed by atoms with van der Waals surface area (Å²) in [5, 5.41) is 7.80. The molecular formula is C18H18FN3O2S. The Morgan fingerprint density at radius 3 is 2.68 bits per heavy atom. The predicted octanol–water partition coefficient (Wildman–Crippen LogP) is 3.33. The largest absolute Gasteiger partial charge is 0.454 e. The number of benzene rings is 2. The van der Waals surface area contributed by atoms with Crippen molar-refractivity contribution in [3.63, 3.8) is 0 Å². The third-order valence-electron chi connectivity index (χ3n) is 3.69. The fourth-order valence-corrected chi connectivity index (χ4v) is 2.50. The zero-order valence-electron chi connectivity index (χ0n) is 13.7. The van der Waals surface area contributed by atoms with Crippen LogP contribution in [0, 0.1) is 5.82 Å². The molecule has 0 bridgehead atoms. The molecule has 0 fully saturated rings. The summed E-state index contributed by atoms with van der Waals surface area (Å²) >= 11 is 5.24. The molecule has 5 nitrogen and oxygen atoms in total. The van der Waals surface area contributed by atoms with E-state index in [0.717, 1.165) is 28.3 Å². The van der Waals surface area contributed by atoms with E-state index in [1.807, 2.05) is 25.1 Å². The van der Waals surface area contributed by atoms with Crippen LogP contribution in [0.25, 0.3) is 0 Å². The lowest BCUT2D eigenvalue weighted by Crippen LogP contribution is -2.32. The Balaban J connectivity index is 1.55. The lowest BCUT2D eigenvalue weighted by molar-refractivity contribution is 0.174. The molecule has 0 aromatic heterocycles. The van der Waals surface area contributed by atoms with Gasteiger partial charge in [0, 0.05) is 6.54 Å². The van der Waals surface area contributed by atoms with Gasteiger partial charge in [-0.05, 0) is 54.0 Å². The topological polar surface area (TPSA) is 54.9 Å². The van der Waals surface area contributed by atoms with Crippen molar-refractivity contribution in [1.82, 2.24) is 10.7 Å². The first-order valence-corrected chi connectivity index (χ1v) is 8.31. The molecule has 7 heteroatoms. The highest BCUT2D eigenvalue weighted by Crippen LogP contribution is 2.32. The number of ether oxygens (including phenoxy) is 2. The summed E-state index contributed by atoms with van der Waals surface area (Å²) in [4.78, 5) is 0. The number of rotatable bonds is 5. The fraction of sp³-hybridized carbons (Fsp3) is 0.222. The molecule has 2 aromatic carbocycles. The highest BCUT2D eigenvalue weighted by atomic mass is 32.1. The lowest BCUT2D eigenvalue weighted by atomic mass is 10.1. The van der Waals surface area contributed by atoms with Crippen LogP contribution in [-0.2, 0) is 6.54 Å². The monoisotopic (exact) mass is 359 g/mol. The smallest absolute Gasteiger partial charge is 0.231 e. The van der Waals surface area contributed by atoms with E-state index in [1.165, 1.54) is 12.1 Å². The molecule has 0 unspecified atom stereocenters. The lowest BCUT2D eigenvalue weighted by Gasteiger charge is -2.09. The van der Waals surface area contributed by atoms with Crippen LogP contribution in [0.1, 0.15) is 24.5 Å². The molecule has 25 heavy (non-hydrogen) atoms. The molecule has 2 N–H and O–H groups in total. The van der Waals surface area contributed by atoms with Crippen LogP contribution in [0.4, 0.5) is 4.39 Å². The van der Waals surface area contributed by atoms with Crippen molar-refractivity contribution in [2.45, 2.75) is 19.9 Å². The predicted molar refractivity (Wildman–Crippen MR) is 98.4 cm³/mol. The van der Waals surface area contributed by atoms with Gasteiger partial charge in [-0.2, -0.15) is 5.10 Å². The average Bonchev–Trinajstić information content (AvgIpc) is 3.09. The van der Waals surface area contributed by atoms with Gasteiger partial charge >= 0.3 is 0 Å². The Morgan fingerprint density at radius 2 is 1.92 bits per heavy atom. The molecule has 1 heterocycles. The number of fused-ring (bicyclic) bond motifs is 1. The van der Waals surface area contributed by atoms with Gasteiger partial charge in [-0.25, -0.2) is 4.39 Å². The third kappa shape index (κ3) is 4.45. The number of nitrogens with zero attached hydrogens (tertiary/aromatic N) is 1. The van der Waals surface area contributed by atoms with Gasteiger partial charge in [0.05, 0.1) is 5.71 Å². The molecule has 3 rings (SSSR count). The number of thiocarbonyl (C=S) groups is 1. The molecule has 1 aliphatic heterocycles. The standard InChI is InChI=1S/C18H18FN3O2S/c1-2-15(13-4-6-14(19)7-5-13)21-22-18(25)20-10-12-3-8-16-17(9-12)24-11-23-16/h3-9H,2,10-11H2,1H3,(H2,20,22,25)/b21-15-. The van der Waals surface area contributed by atoms with E-state index >= 15 is 0 Å². The first-order valence-electron chi connectivity index (χ1n) is 7.90. The molecule has 0 radical (unpaired) electrons. The second-order valence-electron chi connectivity index (χ2n) is 5.40. The van der Waals surface area contributed by atoms with Gasteiger partial charge in [0.15, 0.2) is 16.6 Å². The van der Waals surface area contributed by atoms with Crippen molar-refractivity contribution in [1.29, 1.82) is 0 Å². The van der Waals surface area contributed by atoms with Crippen LogP contribution in [0.15, 0.2) is 47.6 Å². The van der Waals surface area contributed by atoms with Gasteiger partial charge in [-0.1, -0.05) is 25.1 Å². The molecule has 0 amide bonds. The molecule has 0 atom stereocenters. The minimum absolute atomic E-state index is 0.254. The zero-order valence-corrected chi connectivity index (χ0v) is 14.5. The van der Waals surface area contributed by atoms with Crippen molar-refractivity contribution in [3.05, 3.63) is 59.4 Å². The van der Waals surface area contributed by atoms with Gasteiger partial charge < -0.3 is 14.8 Å². The summed E-state index contributed by atoms with van der Waals surface area (Å²) in [5.41, 5.74) is 5.50. The van der Waals surface area contributed by atoms with E-state index in [1.54, 1.807) is 12.1 Å². The zero-order chi connectivity index (χ0) is 17.6. The van der Waals surface area contributed by atoms with E-state index in [9.17, 15) is 4.39 Å². The van der Waals surface area contributed by atoms with Crippen LogP contribution >= 0.6 is 12.2 Å². The molecule has 130 valence electrons. The Kier molecular flexibility index (Phi) is 5.45. The highest BCUT2D eigenvalue weighted by molar-refractivity contribution is 7.80. The van der Waals surface area contributed by atoms with Gasteiger partial charge in [-0.15, -0.1) is 0 Å². The summed E-state index contributed by atoms with van der Waals surface area (Å²) < 4.78 is 23.6. The highest BCUT2D eigenvalue weighted by Gasteiger charge is 2.13. The van der Waals surface area contributed by atoms with Crippen molar-refractivity contribution in [2.24, 2.45) is 5.10 Å². The fourth-order valence-electron chi connectivity index (χ4n) is 2.38. The number of halogens is 1. The minimum Gasteiger partial charge on any atom is -0.454 e. The van der Waals surface area contributed by atoms with Crippen LogP contribution in [0.3, 0.4) is 0 Å². The molecule has 2 aromatic rings. The molecule has 0 spiro atoms. The normalized spacial score (nSPS) is 12.8. The van der Waals surface area contributed by atoms with Crippen molar-refractivity contribution in [2.75, 3.05) is 6.79 Å². The van der Waals surface area contributed by atoms with Crippen LogP contribution in [-0.4, -0.2) is 17.6 Å². The molecule has 0 saturated carbocycles. The first kappa shape index (κ1) is 17.2. The van der Waals surface area contributed by atoms with E-state index in [2.05, 4.69) is 15.8 Å².